The third kappa shape index (κ3) is 4.56. The molecule has 114 valence electrons. The number of hydrogen-bond acceptors (Lipinski definition) is 3. The number of piperidine rings is 1. The molecular weight excluding hydrogens is 268 g/mol. The summed E-state index contributed by atoms with van der Waals surface area (Å²) in [6.45, 7) is 3.89. The van der Waals surface area contributed by atoms with E-state index < -0.39 is 5.97 Å². The Hall–Kier alpha value is -1.88. The number of carboxylic acids is 1. The molecule has 5 nitrogen and oxygen atoms in total. The van der Waals surface area contributed by atoms with Crippen LogP contribution in [0.5, 0.6) is 0 Å². The minimum atomic E-state index is -0.963. The molecule has 2 N–H and O–H groups in total. The van der Waals surface area contributed by atoms with E-state index in [1.165, 1.54) is 5.56 Å². The molecule has 2 rings (SSSR count). The van der Waals surface area contributed by atoms with Crippen LogP contribution in [0, 0.1) is 5.92 Å². The van der Waals surface area contributed by atoms with Gasteiger partial charge in [0.2, 0.25) is 0 Å². The van der Waals surface area contributed by atoms with Gasteiger partial charge in [0.1, 0.15) is 0 Å². The van der Waals surface area contributed by atoms with E-state index >= 15 is 0 Å². The first kappa shape index (κ1) is 15.5. The Bertz CT molecular complexity index is 491. The molecule has 1 amide bonds. The molecule has 0 bridgehead atoms. The summed E-state index contributed by atoms with van der Waals surface area (Å²) < 4.78 is 0. The van der Waals surface area contributed by atoms with E-state index in [0.717, 1.165) is 17.0 Å². The number of quaternary nitrogens is 1. The highest BCUT2D eigenvalue weighted by Crippen LogP contribution is 2.10. The van der Waals surface area contributed by atoms with E-state index in [4.69, 9.17) is 0 Å². The lowest BCUT2D eigenvalue weighted by Crippen LogP contribution is -3.14. The highest BCUT2D eigenvalue weighted by atomic mass is 16.4. The summed E-state index contributed by atoms with van der Waals surface area (Å²) in [7, 11) is 0. The first-order chi connectivity index (χ1) is 10.1. The third-order valence-corrected chi connectivity index (χ3v) is 4.08. The predicted molar refractivity (Wildman–Crippen MR) is 77.7 cm³/mol. The maximum Gasteiger partial charge on any atom is 0.279 e. The molecule has 0 aromatic heterocycles. The lowest BCUT2D eigenvalue weighted by Gasteiger charge is -2.29. The number of hydrogen-bond donors (Lipinski definition) is 2. The number of carbonyl (C=O) groups is 2. The van der Waals surface area contributed by atoms with E-state index in [9.17, 15) is 14.7 Å². The van der Waals surface area contributed by atoms with Gasteiger partial charge in [-0.2, -0.15) is 0 Å². The molecule has 1 heterocycles. The van der Waals surface area contributed by atoms with Gasteiger partial charge in [0, 0.05) is 30.4 Å². The zero-order valence-electron chi connectivity index (χ0n) is 12.4. The summed E-state index contributed by atoms with van der Waals surface area (Å²) in [6.07, 6.45) is 2.16. The molecule has 1 aromatic carbocycles. The third-order valence-electron chi connectivity index (χ3n) is 4.08. The summed E-state index contributed by atoms with van der Waals surface area (Å²) in [5, 5.41) is 13.7. The quantitative estimate of drug-likeness (QED) is 0.748. The van der Waals surface area contributed by atoms with Gasteiger partial charge in [-0.15, -0.1) is 0 Å². The van der Waals surface area contributed by atoms with Crippen LogP contribution in [-0.2, 0) is 16.0 Å². The number of nitrogens with one attached hydrogen (secondary N) is 2. The number of likely N-dealkylation sites (tertiary alicyclic amines) is 1. The number of anilines is 1. The number of carboxylic acid groups (broad SMARTS) is 1. The van der Waals surface area contributed by atoms with Crippen molar-refractivity contribution in [1.82, 2.24) is 0 Å². The minimum absolute atomic E-state index is 0.0267. The number of aryl methyl sites for hydroxylation is 1. The molecule has 0 aliphatic carbocycles. The highest BCUT2D eigenvalue weighted by molar-refractivity contribution is 5.91. The SMILES string of the molecule is CCc1ccc(NC(=O)C[NH+]2CCC(C(=O)[O-])CC2)cc1. The Labute approximate surface area is 125 Å². The van der Waals surface area contributed by atoms with Crippen molar-refractivity contribution in [3.8, 4) is 0 Å². The molecule has 1 aliphatic heterocycles. The van der Waals surface area contributed by atoms with Crippen molar-refractivity contribution >= 4 is 17.6 Å². The van der Waals surface area contributed by atoms with Gasteiger partial charge in [0.05, 0.1) is 13.1 Å². The number of rotatable bonds is 5. The Morgan fingerprint density at radius 2 is 1.86 bits per heavy atom. The van der Waals surface area contributed by atoms with E-state index in [0.29, 0.717) is 32.5 Å². The van der Waals surface area contributed by atoms with Crippen LogP contribution >= 0.6 is 0 Å². The topological polar surface area (TPSA) is 73.7 Å². The van der Waals surface area contributed by atoms with Crippen molar-refractivity contribution in [1.29, 1.82) is 0 Å². The molecular formula is C16H22N2O3. The fourth-order valence-corrected chi connectivity index (χ4v) is 2.69. The van der Waals surface area contributed by atoms with Crippen LogP contribution in [0.3, 0.4) is 0 Å². The van der Waals surface area contributed by atoms with Gasteiger partial charge in [-0.25, -0.2) is 0 Å². The first-order valence-corrected chi connectivity index (χ1v) is 7.51. The minimum Gasteiger partial charge on any atom is -0.550 e. The van der Waals surface area contributed by atoms with Crippen molar-refractivity contribution in [2.45, 2.75) is 26.2 Å². The van der Waals surface area contributed by atoms with Crippen LogP contribution in [0.25, 0.3) is 0 Å². The van der Waals surface area contributed by atoms with Crippen molar-refractivity contribution in [3.05, 3.63) is 29.8 Å². The Balaban J connectivity index is 1.78. The highest BCUT2D eigenvalue weighted by Gasteiger charge is 2.24. The second-order valence-electron chi connectivity index (χ2n) is 5.62. The van der Waals surface area contributed by atoms with Crippen molar-refractivity contribution in [2.75, 3.05) is 25.0 Å². The van der Waals surface area contributed by atoms with Gasteiger partial charge >= 0.3 is 0 Å². The summed E-state index contributed by atoms with van der Waals surface area (Å²) in [5.41, 5.74) is 2.05. The average Bonchev–Trinajstić information content (AvgIpc) is 2.48. The lowest BCUT2D eigenvalue weighted by molar-refractivity contribution is -0.897. The molecule has 21 heavy (non-hydrogen) atoms. The zero-order chi connectivity index (χ0) is 15.2. The van der Waals surface area contributed by atoms with Crippen LogP contribution in [0.1, 0.15) is 25.3 Å². The Morgan fingerprint density at radius 3 is 2.38 bits per heavy atom. The standard InChI is InChI=1S/C16H22N2O3/c1-2-12-3-5-14(6-4-12)17-15(19)11-18-9-7-13(8-10-18)16(20)21/h3-6,13H,2,7-11H2,1H3,(H,17,19)(H,20,21). The molecule has 0 spiro atoms. The van der Waals surface area contributed by atoms with Gasteiger partial charge in [-0.1, -0.05) is 19.1 Å². The number of carbonyl (C=O) groups excluding carboxylic acids is 2. The summed E-state index contributed by atoms with van der Waals surface area (Å²) in [6, 6.07) is 7.84. The van der Waals surface area contributed by atoms with Crippen LogP contribution in [-0.4, -0.2) is 31.5 Å². The first-order valence-electron chi connectivity index (χ1n) is 7.51. The van der Waals surface area contributed by atoms with Crippen molar-refractivity contribution < 1.29 is 19.6 Å². The van der Waals surface area contributed by atoms with E-state index in [2.05, 4.69) is 12.2 Å². The van der Waals surface area contributed by atoms with Gasteiger partial charge in [0.15, 0.2) is 6.54 Å². The van der Waals surface area contributed by atoms with Gasteiger partial charge in [-0.3, -0.25) is 4.79 Å². The number of amides is 1. The molecule has 0 radical (unpaired) electrons. The molecule has 1 saturated heterocycles. The largest absolute Gasteiger partial charge is 0.550 e. The molecule has 0 atom stereocenters. The number of benzene rings is 1. The Kier molecular flexibility index (Phi) is 5.33. The monoisotopic (exact) mass is 290 g/mol. The molecule has 0 unspecified atom stereocenters. The van der Waals surface area contributed by atoms with Crippen LogP contribution < -0.4 is 15.3 Å². The van der Waals surface area contributed by atoms with Crippen molar-refractivity contribution in [2.24, 2.45) is 5.92 Å². The summed E-state index contributed by atoms with van der Waals surface area (Å²) in [5.74, 6) is -1.34. The zero-order valence-corrected chi connectivity index (χ0v) is 12.4. The van der Waals surface area contributed by atoms with Gasteiger partial charge < -0.3 is 20.1 Å². The van der Waals surface area contributed by atoms with E-state index in [1.807, 2.05) is 24.3 Å². The molecule has 1 aromatic rings. The number of aliphatic carboxylic acids is 1. The molecule has 0 saturated carbocycles. The maximum atomic E-state index is 12.0. The molecule has 5 heteroatoms. The maximum absolute atomic E-state index is 12.0. The van der Waals surface area contributed by atoms with Crippen molar-refractivity contribution in [3.63, 3.8) is 0 Å². The van der Waals surface area contributed by atoms with Crippen LogP contribution in [0.15, 0.2) is 24.3 Å². The van der Waals surface area contributed by atoms with E-state index in [-0.39, 0.29) is 11.8 Å². The second-order valence-corrected chi connectivity index (χ2v) is 5.62. The van der Waals surface area contributed by atoms with Crippen LogP contribution in [0.2, 0.25) is 0 Å². The molecule has 1 fully saturated rings. The second kappa shape index (κ2) is 7.22. The Morgan fingerprint density at radius 1 is 1.24 bits per heavy atom. The van der Waals surface area contributed by atoms with E-state index in [1.54, 1.807) is 0 Å². The normalized spacial score (nSPS) is 21.8. The average molecular weight is 290 g/mol. The lowest BCUT2D eigenvalue weighted by atomic mass is 9.97. The predicted octanol–water partition coefficient (Wildman–Crippen LogP) is -0.768. The fraction of sp³-hybridized carbons (Fsp3) is 0.500. The smallest absolute Gasteiger partial charge is 0.279 e. The fourth-order valence-electron chi connectivity index (χ4n) is 2.69. The summed E-state index contributed by atoms with van der Waals surface area (Å²) >= 11 is 0. The van der Waals surface area contributed by atoms with Gasteiger partial charge in [0.25, 0.3) is 5.91 Å². The molecule has 1 aliphatic rings. The van der Waals surface area contributed by atoms with Crippen LogP contribution in [0.4, 0.5) is 5.69 Å². The van der Waals surface area contributed by atoms with Gasteiger partial charge in [-0.05, 0) is 24.1 Å². The summed E-state index contributed by atoms with van der Waals surface area (Å²) in [4.78, 5) is 23.9.